The van der Waals surface area contributed by atoms with E-state index in [4.69, 9.17) is 17.3 Å². The molecule has 0 spiro atoms. The first-order valence-electron chi connectivity index (χ1n) is 8.41. The van der Waals surface area contributed by atoms with Crippen LogP contribution in [0.4, 0.5) is 9.18 Å². The largest absolute Gasteiger partial charge is 0.489 e. The van der Waals surface area contributed by atoms with Gasteiger partial charge in [-0.3, -0.25) is 0 Å². The molecule has 4 nitrogen and oxygen atoms in total. The number of carbonyl (C=O) groups excluding carboxylic acids is 1. The van der Waals surface area contributed by atoms with E-state index in [1.807, 2.05) is 30.3 Å². The lowest BCUT2D eigenvalue weighted by molar-refractivity contribution is 0.0507. The maximum Gasteiger partial charge on any atom is 0.408 e. The third-order valence-electron chi connectivity index (χ3n) is 3.57. The Labute approximate surface area is 155 Å². The van der Waals surface area contributed by atoms with Gasteiger partial charge in [0.05, 0.1) is 6.04 Å². The summed E-state index contributed by atoms with van der Waals surface area (Å²) in [7, 11) is 5.68. The van der Waals surface area contributed by atoms with Gasteiger partial charge in [0, 0.05) is 5.56 Å². The summed E-state index contributed by atoms with van der Waals surface area (Å²) >= 11 is 0. The SMILES string of the molecule is [B]c1cc(OCc2ccccc2)c(C(C)NC(=O)OC(C)(C)C)cc1F. The van der Waals surface area contributed by atoms with Crippen molar-refractivity contribution >= 4 is 19.4 Å². The third kappa shape index (κ3) is 5.79. The van der Waals surface area contributed by atoms with Crippen molar-refractivity contribution in [2.24, 2.45) is 0 Å². The molecule has 1 atom stereocenters. The molecule has 0 aliphatic rings. The molecule has 2 radical (unpaired) electrons. The van der Waals surface area contributed by atoms with Gasteiger partial charge in [-0.25, -0.2) is 9.18 Å². The molecule has 1 unspecified atom stereocenters. The minimum atomic E-state index is -0.622. The molecule has 136 valence electrons. The Morgan fingerprint density at radius 2 is 1.88 bits per heavy atom. The minimum absolute atomic E-state index is 0.0127. The minimum Gasteiger partial charge on any atom is -0.489 e. The van der Waals surface area contributed by atoms with E-state index in [1.54, 1.807) is 27.7 Å². The van der Waals surface area contributed by atoms with Gasteiger partial charge in [0.2, 0.25) is 0 Å². The maximum absolute atomic E-state index is 14.0. The van der Waals surface area contributed by atoms with Gasteiger partial charge in [-0.2, -0.15) is 0 Å². The highest BCUT2D eigenvalue weighted by atomic mass is 19.1. The predicted octanol–water partition coefficient (Wildman–Crippen LogP) is 3.78. The van der Waals surface area contributed by atoms with E-state index < -0.39 is 23.6 Å². The van der Waals surface area contributed by atoms with E-state index in [9.17, 15) is 9.18 Å². The summed E-state index contributed by atoms with van der Waals surface area (Å²) in [6.45, 7) is 7.35. The highest BCUT2D eigenvalue weighted by molar-refractivity contribution is 6.32. The second-order valence-electron chi connectivity index (χ2n) is 7.05. The van der Waals surface area contributed by atoms with Crippen molar-refractivity contribution in [2.75, 3.05) is 0 Å². The Balaban J connectivity index is 2.17. The molecule has 0 heterocycles. The number of alkyl carbamates (subject to hydrolysis) is 1. The number of nitrogens with one attached hydrogen (secondary N) is 1. The van der Waals surface area contributed by atoms with E-state index in [0.29, 0.717) is 17.9 Å². The highest BCUT2D eigenvalue weighted by Gasteiger charge is 2.21. The lowest BCUT2D eigenvalue weighted by Gasteiger charge is -2.23. The fourth-order valence-corrected chi connectivity index (χ4v) is 2.35. The van der Waals surface area contributed by atoms with Gasteiger partial charge in [-0.15, -0.1) is 0 Å². The van der Waals surface area contributed by atoms with Gasteiger partial charge in [0.15, 0.2) is 0 Å². The standard InChI is InChI=1S/C20H23BFNO3/c1-13(23-19(24)26-20(2,3)4)15-10-17(22)16(21)11-18(15)25-12-14-8-6-5-7-9-14/h5-11,13H,12H2,1-4H3,(H,23,24). The molecular formula is C20H23BFNO3. The topological polar surface area (TPSA) is 47.6 Å². The maximum atomic E-state index is 14.0. The monoisotopic (exact) mass is 355 g/mol. The van der Waals surface area contributed by atoms with Gasteiger partial charge in [0.25, 0.3) is 0 Å². The van der Waals surface area contributed by atoms with Crippen molar-refractivity contribution in [1.29, 1.82) is 0 Å². The molecule has 0 aromatic heterocycles. The fourth-order valence-electron chi connectivity index (χ4n) is 2.35. The first kappa shape index (κ1) is 19.8. The zero-order valence-corrected chi connectivity index (χ0v) is 15.5. The second kappa shape index (κ2) is 8.26. The molecular weight excluding hydrogens is 332 g/mol. The van der Waals surface area contributed by atoms with Crippen LogP contribution >= 0.6 is 0 Å². The number of benzene rings is 2. The normalized spacial score (nSPS) is 12.3. The fraction of sp³-hybridized carbons (Fsp3) is 0.350. The summed E-state index contributed by atoms with van der Waals surface area (Å²) in [6.07, 6.45) is -0.587. The summed E-state index contributed by atoms with van der Waals surface area (Å²) in [5.41, 5.74) is 0.817. The Bertz CT molecular complexity index is 760. The molecule has 0 aliphatic heterocycles. The number of carbonyl (C=O) groups is 1. The summed E-state index contributed by atoms with van der Waals surface area (Å²) in [5, 5.41) is 2.69. The number of hydrogen-bond donors (Lipinski definition) is 1. The Kier molecular flexibility index (Phi) is 6.30. The van der Waals surface area contributed by atoms with Crippen LogP contribution in [0.25, 0.3) is 0 Å². The number of ether oxygens (including phenoxy) is 2. The number of hydrogen-bond acceptors (Lipinski definition) is 3. The lowest BCUT2D eigenvalue weighted by atomic mass is 9.92. The Morgan fingerprint density at radius 1 is 1.23 bits per heavy atom. The zero-order chi connectivity index (χ0) is 19.3. The molecule has 1 N–H and O–H groups in total. The van der Waals surface area contributed by atoms with Gasteiger partial charge in [0.1, 0.15) is 31.6 Å². The molecule has 0 saturated heterocycles. The Morgan fingerprint density at radius 3 is 2.50 bits per heavy atom. The molecule has 0 fully saturated rings. The van der Waals surface area contributed by atoms with E-state index in [0.717, 1.165) is 5.56 Å². The van der Waals surface area contributed by atoms with Crippen molar-refractivity contribution in [1.82, 2.24) is 5.32 Å². The Hall–Kier alpha value is -2.50. The quantitative estimate of drug-likeness (QED) is 0.831. The average Bonchev–Trinajstić information content (AvgIpc) is 2.54. The van der Waals surface area contributed by atoms with Gasteiger partial charge < -0.3 is 14.8 Å². The molecule has 26 heavy (non-hydrogen) atoms. The van der Waals surface area contributed by atoms with E-state index in [1.165, 1.54) is 12.1 Å². The van der Waals surface area contributed by atoms with Gasteiger partial charge >= 0.3 is 6.09 Å². The van der Waals surface area contributed by atoms with E-state index >= 15 is 0 Å². The molecule has 0 aliphatic carbocycles. The van der Waals surface area contributed by atoms with Crippen molar-refractivity contribution in [3.8, 4) is 5.75 Å². The van der Waals surface area contributed by atoms with Crippen molar-refractivity contribution < 1.29 is 18.7 Å². The van der Waals surface area contributed by atoms with Crippen LogP contribution in [0.2, 0.25) is 0 Å². The van der Waals surface area contributed by atoms with Crippen molar-refractivity contribution in [3.63, 3.8) is 0 Å². The molecule has 2 aromatic rings. The van der Waals surface area contributed by atoms with Gasteiger partial charge in [-0.05, 0) is 45.4 Å². The highest BCUT2D eigenvalue weighted by Crippen LogP contribution is 2.26. The van der Waals surface area contributed by atoms with Crippen LogP contribution in [0, 0.1) is 5.82 Å². The second-order valence-corrected chi connectivity index (χ2v) is 7.05. The molecule has 0 saturated carbocycles. The smallest absolute Gasteiger partial charge is 0.408 e. The average molecular weight is 355 g/mol. The van der Waals surface area contributed by atoms with Crippen LogP contribution in [0.1, 0.15) is 44.9 Å². The first-order chi connectivity index (χ1) is 12.2. The van der Waals surface area contributed by atoms with Crippen molar-refractivity contribution in [3.05, 3.63) is 59.4 Å². The molecule has 1 amide bonds. The molecule has 6 heteroatoms. The lowest BCUT2D eigenvalue weighted by Crippen LogP contribution is -2.34. The summed E-state index contributed by atoms with van der Waals surface area (Å²) in [5.74, 6) is -0.152. The van der Waals surface area contributed by atoms with E-state index in [-0.39, 0.29) is 5.46 Å². The van der Waals surface area contributed by atoms with Crippen LogP contribution in [-0.2, 0) is 11.3 Å². The van der Waals surface area contributed by atoms with Crippen LogP contribution < -0.4 is 15.5 Å². The van der Waals surface area contributed by atoms with Crippen LogP contribution in [0.3, 0.4) is 0 Å². The van der Waals surface area contributed by atoms with Crippen LogP contribution in [0.15, 0.2) is 42.5 Å². The predicted molar refractivity (Wildman–Crippen MR) is 100 cm³/mol. The van der Waals surface area contributed by atoms with Crippen LogP contribution in [-0.4, -0.2) is 19.5 Å². The molecule has 2 rings (SSSR count). The number of amides is 1. The summed E-state index contributed by atoms with van der Waals surface area (Å²) in [6, 6.07) is 11.8. The third-order valence-corrected chi connectivity index (χ3v) is 3.57. The molecule has 2 aromatic carbocycles. The number of rotatable bonds is 5. The summed E-state index contributed by atoms with van der Waals surface area (Å²) < 4.78 is 25.0. The van der Waals surface area contributed by atoms with Crippen molar-refractivity contribution in [2.45, 2.75) is 45.9 Å². The van der Waals surface area contributed by atoms with E-state index in [2.05, 4.69) is 5.32 Å². The molecule has 0 bridgehead atoms. The van der Waals surface area contributed by atoms with Crippen LogP contribution in [0.5, 0.6) is 5.75 Å². The summed E-state index contributed by atoms with van der Waals surface area (Å²) in [4.78, 5) is 12.0. The van der Waals surface area contributed by atoms with Gasteiger partial charge in [-0.1, -0.05) is 35.8 Å². The number of halogens is 1. The first-order valence-corrected chi connectivity index (χ1v) is 8.41. The zero-order valence-electron chi connectivity index (χ0n) is 15.5.